The van der Waals surface area contributed by atoms with Crippen LogP contribution in [0.5, 0.6) is 5.75 Å². The van der Waals surface area contributed by atoms with Gasteiger partial charge in [-0.05, 0) is 78.8 Å². The molecular weight excluding hydrogens is 559 g/mol. The van der Waals surface area contributed by atoms with Crippen LogP contribution in [-0.2, 0) is 6.54 Å². The van der Waals surface area contributed by atoms with Crippen LogP contribution < -0.4 is 5.32 Å². The molecule has 0 aliphatic heterocycles. The van der Waals surface area contributed by atoms with Gasteiger partial charge in [0, 0.05) is 24.2 Å². The summed E-state index contributed by atoms with van der Waals surface area (Å²) in [6, 6.07) is 22.1. The maximum Gasteiger partial charge on any atom is 0.258 e. The average Bonchev–Trinajstić information content (AvgIpc) is 3.33. The molecule has 1 heterocycles. The largest absolute Gasteiger partial charge is 0.513 e. The molecule has 0 bridgehead atoms. The molecular formula is C36H41FN2O5. The highest BCUT2D eigenvalue weighted by atomic mass is 19.1. The van der Waals surface area contributed by atoms with Gasteiger partial charge >= 0.3 is 0 Å². The van der Waals surface area contributed by atoms with Gasteiger partial charge in [-0.1, -0.05) is 63.2 Å². The third-order valence-corrected chi connectivity index (χ3v) is 7.52. The van der Waals surface area contributed by atoms with E-state index < -0.39 is 18.1 Å². The lowest BCUT2D eigenvalue weighted by molar-refractivity contribution is 0.0677. The molecule has 3 aromatic carbocycles. The number of amides is 1. The van der Waals surface area contributed by atoms with Crippen LogP contribution in [0, 0.1) is 5.82 Å². The number of phenolic OH excluding ortho intramolecular Hbond substituents is 1. The number of phenols is 1. The average molecular weight is 601 g/mol. The van der Waals surface area contributed by atoms with Crippen LogP contribution in [0.1, 0.15) is 68.4 Å². The molecule has 0 aliphatic carbocycles. The van der Waals surface area contributed by atoms with Crippen molar-refractivity contribution in [2.75, 3.05) is 5.32 Å². The first kappa shape index (κ1) is 32.5. The van der Waals surface area contributed by atoms with Crippen molar-refractivity contribution in [1.82, 2.24) is 4.57 Å². The van der Waals surface area contributed by atoms with Gasteiger partial charge in [0.1, 0.15) is 11.6 Å². The van der Waals surface area contributed by atoms with Crippen molar-refractivity contribution in [3.63, 3.8) is 0 Å². The summed E-state index contributed by atoms with van der Waals surface area (Å²) in [5.74, 6) is -0.917. The van der Waals surface area contributed by atoms with Crippen LogP contribution >= 0.6 is 0 Å². The van der Waals surface area contributed by atoms with Crippen LogP contribution in [0.3, 0.4) is 0 Å². The van der Waals surface area contributed by atoms with Gasteiger partial charge in [-0.15, -0.1) is 0 Å². The van der Waals surface area contributed by atoms with E-state index in [9.17, 15) is 29.6 Å². The molecule has 4 rings (SSSR count). The molecule has 44 heavy (non-hydrogen) atoms. The molecule has 7 nitrogen and oxygen atoms in total. The second kappa shape index (κ2) is 14.9. The number of aromatic nitrogens is 1. The molecule has 8 heteroatoms. The summed E-state index contributed by atoms with van der Waals surface area (Å²) >= 11 is 0. The number of halogens is 1. The van der Waals surface area contributed by atoms with E-state index in [0.717, 1.165) is 5.56 Å². The van der Waals surface area contributed by atoms with Crippen molar-refractivity contribution in [3.8, 4) is 28.1 Å². The van der Waals surface area contributed by atoms with Crippen molar-refractivity contribution in [1.29, 1.82) is 0 Å². The molecule has 0 radical (unpaired) electrons. The number of rotatable bonds is 13. The number of allylic oxidation sites excluding steroid dienone is 1. The third-order valence-electron chi connectivity index (χ3n) is 7.52. The van der Waals surface area contributed by atoms with Crippen molar-refractivity contribution < 1.29 is 29.6 Å². The van der Waals surface area contributed by atoms with Crippen LogP contribution in [-0.4, -0.2) is 43.1 Å². The molecule has 1 aromatic heterocycles. The van der Waals surface area contributed by atoms with Crippen LogP contribution in [0.2, 0.25) is 0 Å². The summed E-state index contributed by atoms with van der Waals surface area (Å²) < 4.78 is 16.1. The summed E-state index contributed by atoms with van der Waals surface area (Å²) in [5.41, 5.74) is 4.22. The lowest BCUT2D eigenvalue weighted by Crippen LogP contribution is -2.21. The number of nitrogens with zero attached hydrogens (tertiary/aromatic N) is 1. The van der Waals surface area contributed by atoms with Gasteiger partial charge in [-0.2, -0.15) is 0 Å². The van der Waals surface area contributed by atoms with E-state index in [1.807, 2.05) is 55.7 Å². The van der Waals surface area contributed by atoms with Gasteiger partial charge in [0.25, 0.3) is 5.91 Å². The second-order valence-electron chi connectivity index (χ2n) is 11.3. The van der Waals surface area contributed by atoms with E-state index in [1.54, 1.807) is 36.4 Å². The van der Waals surface area contributed by atoms with E-state index in [2.05, 4.69) is 5.32 Å². The monoisotopic (exact) mass is 600 g/mol. The normalized spacial score (nSPS) is 13.2. The Morgan fingerprint density at radius 2 is 1.59 bits per heavy atom. The molecule has 0 spiro atoms. The van der Waals surface area contributed by atoms with Crippen molar-refractivity contribution in [2.24, 2.45) is 0 Å². The first-order chi connectivity index (χ1) is 21.1. The lowest BCUT2D eigenvalue weighted by Gasteiger charge is -2.20. The van der Waals surface area contributed by atoms with E-state index in [1.165, 1.54) is 18.2 Å². The van der Waals surface area contributed by atoms with Crippen LogP contribution in [0.4, 0.5) is 10.1 Å². The number of hydrogen-bond donors (Lipinski definition) is 5. The van der Waals surface area contributed by atoms with Gasteiger partial charge in [-0.25, -0.2) is 4.39 Å². The molecule has 5 N–H and O–H groups in total. The fourth-order valence-corrected chi connectivity index (χ4v) is 5.61. The van der Waals surface area contributed by atoms with E-state index in [4.69, 9.17) is 0 Å². The Bertz CT molecular complexity index is 1580. The minimum Gasteiger partial charge on any atom is -0.513 e. The molecule has 1 amide bonds. The van der Waals surface area contributed by atoms with Gasteiger partial charge in [-0.3, -0.25) is 4.79 Å². The van der Waals surface area contributed by atoms with Crippen molar-refractivity contribution >= 4 is 11.6 Å². The summed E-state index contributed by atoms with van der Waals surface area (Å²) in [5, 5.41) is 44.7. The molecule has 2 atom stereocenters. The minimum atomic E-state index is -0.918. The predicted molar refractivity (Wildman–Crippen MR) is 172 cm³/mol. The first-order valence-electron chi connectivity index (χ1n) is 15.0. The Kier molecular flexibility index (Phi) is 11.0. The van der Waals surface area contributed by atoms with E-state index in [0.29, 0.717) is 41.0 Å². The summed E-state index contributed by atoms with van der Waals surface area (Å²) in [7, 11) is 0. The highest BCUT2D eigenvalue weighted by molar-refractivity contribution is 6.13. The Labute approximate surface area is 257 Å². The third kappa shape index (κ3) is 7.75. The number of carbonyl (C=O) groups is 1. The molecule has 4 aromatic rings. The van der Waals surface area contributed by atoms with Crippen molar-refractivity contribution in [3.05, 3.63) is 108 Å². The zero-order valence-corrected chi connectivity index (χ0v) is 25.4. The quantitative estimate of drug-likeness (QED) is 0.0794. The number of aromatic hydroxyl groups is 1. The summed E-state index contributed by atoms with van der Waals surface area (Å²) in [6.07, 6.45) is 0.848. The molecule has 0 fully saturated rings. The van der Waals surface area contributed by atoms with E-state index >= 15 is 0 Å². The zero-order valence-electron chi connectivity index (χ0n) is 25.4. The Hall–Kier alpha value is -4.40. The zero-order chi connectivity index (χ0) is 31.8. The van der Waals surface area contributed by atoms with Gasteiger partial charge in [0.15, 0.2) is 0 Å². The number of aliphatic hydroxyl groups excluding tert-OH is 3. The maximum absolute atomic E-state index is 14.2. The molecule has 232 valence electrons. The lowest BCUT2D eigenvalue weighted by atomic mass is 9.94. The van der Waals surface area contributed by atoms with Crippen LogP contribution in [0.25, 0.3) is 22.4 Å². The number of carbonyl (C=O) groups excluding carboxylic acids is 1. The topological polar surface area (TPSA) is 115 Å². The predicted octanol–water partition coefficient (Wildman–Crippen LogP) is 7.79. The Balaban J connectivity index is 1.85. The highest BCUT2D eigenvalue weighted by Gasteiger charge is 2.31. The fourth-order valence-electron chi connectivity index (χ4n) is 5.61. The Morgan fingerprint density at radius 3 is 2.23 bits per heavy atom. The molecule has 0 saturated carbocycles. The number of anilines is 1. The summed E-state index contributed by atoms with van der Waals surface area (Å²) in [6.45, 7) is 6.15. The Morgan fingerprint density at radius 1 is 0.932 bits per heavy atom. The van der Waals surface area contributed by atoms with Gasteiger partial charge in [0.05, 0.1) is 34.9 Å². The van der Waals surface area contributed by atoms with Gasteiger partial charge in [0.2, 0.25) is 0 Å². The number of nitrogens with one attached hydrogen (secondary N) is 1. The van der Waals surface area contributed by atoms with Gasteiger partial charge < -0.3 is 30.3 Å². The molecule has 2 unspecified atom stereocenters. The number of aliphatic hydroxyl groups is 3. The minimum absolute atomic E-state index is 0.0568. The molecule has 0 aliphatic rings. The number of benzene rings is 3. The highest BCUT2D eigenvalue weighted by Crippen LogP contribution is 2.43. The second-order valence-corrected chi connectivity index (χ2v) is 11.3. The first-order valence-corrected chi connectivity index (χ1v) is 15.0. The number of hydrogen-bond acceptors (Lipinski definition) is 5. The number of para-hydroxylation sites is 2. The fraction of sp³-hybridized carbons (Fsp3) is 0.306. The standard InChI is InChI=1S/C36H41FN2O5/c1-4-10-27(40)21-29(42)22-28(41)19-20-39-34(23(2)3)33(36(44)38-30-13-8-9-14-31(30)43)32(24-11-6-5-7-12-24)35(39)25-15-17-26(37)18-16-25/h5-18,23,28-29,40-43H,4,19-22H2,1-3H3,(H,38,44)/b27-10+. The van der Waals surface area contributed by atoms with Crippen LogP contribution in [0.15, 0.2) is 90.7 Å². The molecule has 0 saturated heterocycles. The SMILES string of the molecule is CC/C=C(/O)CC(O)CC(O)CCn1c(-c2ccc(F)cc2)c(-c2ccccc2)c(C(=O)Nc2ccccc2O)c1C(C)C. The van der Waals surface area contributed by atoms with E-state index in [-0.39, 0.29) is 48.2 Å². The maximum atomic E-state index is 14.2. The summed E-state index contributed by atoms with van der Waals surface area (Å²) in [4.78, 5) is 14.2. The smallest absolute Gasteiger partial charge is 0.258 e. The van der Waals surface area contributed by atoms with Crippen molar-refractivity contribution in [2.45, 2.75) is 71.1 Å².